The molecule has 2 aromatic rings. The van der Waals surface area contributed by atoms with Crippen molar-refractivity contribution >= 4 is 11.8 Å². The number of nitrogens with one attached hydrogen (secondary N) is 1. The molecule has 4 nitrogen and oxygen atoms in total. The number of hydrogen-bond acceptors (Lipinski definition) is 2. The minimum Gasteiger partial charge on any atom is -0.357 e. The maximum atomic E-state index is 12.9. The highest BCUT2D eigenvalue weighted by molar-refractivity contribution is 5.88. The molecule has 0 aliphatic carbocycles. The Hall–Kier alpha value is -2.62. The van der Waals surface area contributed by atoms with E-state index in [1.807, 2.05) is 62.4 Å². The highest BCUT2D eigenvalue weighted by Crippen LogP contribution is 2.14. The first-order valence-corrected chi connectivity index (χ1v) is 8.53. The van der Waals surface area contributed by atoms with E-state index in [1.54, 1.807) is 18.9 Å². The average molecular weight is 338 g/mol. The number of benzene rings is 2. The number of carbonyl (C=O) groups is 2. The Labute approximate surface area is 149 Å². The van der Waals surface area contributed by atoms with Crippen molar-refractivity contribution in [2.24, 2.45) is 0 Å². The van der Waals surface area contributed by atoms with Gasteiger partial charge in [0.15, 0.2) is 0 Å². The van der Waals surface area contributed by atoms with Crippen molar-refractivity contribution in [3.8, 4) is 0 Å². The van der Waals surface area contributed by atoms with Crippen LogP contribution in [0.15, 0.2) is 48.5 Å². The molecular weight excluding hydrogens is 312 g/mol. The van der Waals surface area contributed by atoms with E-state index in [-0.39, 0.29) is 18.2 Å². The number of aryl methyl sites for hydroxylation is 2. The zero-order valence-corrected chi connectivity index (χ0v) is 15.4. The van der Waals surface area contributed by atoms with Crippen LogP contribution in [0.25, 0.3) is 0 Å². The Morgan fingerprint density at radius 2 is 1.68 bits per heavy atom. The molecule has 25 heavy (non-hydrogen) atoms. The lowest BCUT2D eigenvalue weighted by molar-refractivity contribution is -0.139. The summed E-state index contributed by atoms with van der Waals surface area (Å²) in [5.74, 6) is -0.216. The number of amides is 2. The van der Waals surface area contributed by atoms with Crippen molar-refractivity contribution in [3.63, 3.8) is 0 Å². The van der Waals surface area contributed by atoms with E-state index in [9.17, 15) is 9.59 Å². The molecule has 0 unspecified atom stereocenters. The van der Waals surface area contributed by atoms with Crippen LogP contribution in [-0.2, 0) is 22.6 Å². The molecule has 0 spiro atoms. The summed E-state index contributed by atoms with van der Waals surface area (Å²) in [6.45, 7) is 6.21. The molecule has 1 N–H and O–H groups in total. The smallest absolute Gasteiger partial charge is 0.242 e. The van der Waals surface area contributed by atoms with Crippen LogP contribution in [0.4, 0.5) is 0 Å². The summed E-state index contributed by atoms with van der Waals surface area (Å²) in [5, 5.41) is 2.64. The first-order chi connectivity index (χ1) is 11.9. The molecule has 0 heterocycles. The molecule has 0 saturated carbocycles. The Morgan fingerprint density at radius 1 is 1.00 bits per heavy atom. The van der Waals surface area contributed by atoms with Crippen molar-refractivity contribution in [2.45, 2.75) is 39.8 Å². The largest absolute Gasteiger partial charge is 0.357 e. The lowest BCUT2D eigenvalue weighted by Crippen LogP contribution is -2.47. The van der Waals surface area contributed by atoms with Gasteiger partial charge >= 0.3 is 0 Å². The summed E-state index contributed by atoms with van der Waals surface area (Å²) in [6, 6.07) is 15.4. The van der Waals surface area contributed by atoms with Crippen LogP contribution in [0.1, 0.15) is 29.2 Å². The molecule has 0 saturated heterocycles. The number of likely N-dealkylation sites (N-methyl/N-ethyl adjacent to an activating group) is 1. The van der Waals surface area contributed by atoms with Gasteiger partial charge in [-0.25, -0.2) is 0 Å². The predicted octanol–water partition coefficient (Wildman–Crippen LogP) is 3.01. The molecule has 0 fully saturated rings. The molecule has 0 bridgehead atoms. The van der Waals surface area contributed by atoms with Crippen LogP contribution in [0.2, 0.25) is 0 Å². The number of rotatable bonds is 6. The van der Waals surface area contributed by atoms with Crippen LogP contribution in [0.5, 0.6) is 0 Å². The van der Waals surface area contributed by atoms with E-state index in [0.717, 1.165) is 16.7 Å². The van der Waals surface area contributed by atoms with Crippen molar-refractivity contribution in [1.82, 2.24) is 10.2 Å². The van der Waals surface area contributed by atoms with Gasteiger partial charge in [-0.1, -0.05) is 59.7 Å². The second-order valence-corrected chi connectivity index (χ2v) is 6.46. The molecule has 0 aliphatic rings. The monoisotopic (exact) mass is 338 g/mol. The quantitative estimate of drug-likeness (QED) is 0.880. The van der Waals surface area contributed by atoms with Crippen LogP contribution >= 0.6 is 0 Å². The molecule has 2 amide bonds. The maximum Gasteiger partial charge on any atom is 0.242 e. The highest BCUT2D eigenvalue weighted by atomic mass is 16.2. The topological polar surface area (TPSA) is 49.4 Å². The third-order valence-electron chi connectivity index (χ3n) is 4.33. The van der Waals surface area contributed by atoms with Gasteiger partial charge in [0, 0.05) is 13.6 Å². The maximum absolute atomic E-state index is 12.9. The Kier molecular flexibility index (Phi) is 6.34. The number of hydrogen-bond donors (Lipinski definition) is 1. The predicted molar refractivity (Wildman–Crippen MR) is 100 cm³/mol. The van der Waals surface area contributed by atoms with Crippen LogP contribution in [0.3, 0.4) is 0 Å². The van der Waals surface area contributed by atoms with E-state index in [1.165, 1.54) is 5.56 Å². The van der Waals surface area contributed by atoms with Gasteiger partial charge in [-0.2, -0.15) is 0 Å². The summed E-state index contributed by atoms with van der Waals surface area (Å²) < 4.78 is 0. The summed E-state index contributed by atoms with van der Waals surface area (Å²) >= 11 is 0. The minimum atomic E-state index is -0.524. The first-order valence-electron chi connectivity index (χ1n) is 8.53. The van der Waals surface area contributed by atoms with Crippen LogP contribution in [0, 0.1) is 13.8 Å². The fourth-order valence-corrected chi connectivity index (χ4v) is 2.78. The number of nitrogens with zero attached hydrogens (tertiary/aromatic N) is 1. The van der Waals surface area contributed by atoms with Gasteiger partial charge in [-0.3, -0.25) is 9.59 Å². The fraction of sp³-hybridized carbons (Fsp3) is 0.333. The van der Waals surface area contributed by atoms with Gasteiger partial charge in [-0.05, 0) is 31.9 Å². The zero-order chi connectivity index (χ0) is 18.4. The fourth-order valence-electron chi connectivity index (χ4n) is 2.78. The van der Waals surface area contributed by atoms with Gasteiger partial charge in [0.05, 0.1) is 6.42 Å². The van der Waals surface area contributed by atoms with E-state index in [0.29, 0.717) is 6.54 Å². The van der Waals surface area contributed by atoms with Gasteiger partial charge in [0.25, 0.3) is 0 Å². The molecule has 1 atom stereocenters. The average Bonchev–Trinajstić information content (AvgIpc) is 2.59. The molecule has 0 aromatic heterocycles. The van der Waals surface area contributed by atoms with Crippen molar-refractivity contribution in [2.75, 3.05) is 7.05 Å². The third kappa shape index (κ3) is 5.18. The zero-order valence-electron chi connectivity index (χ0n) is 15.4. The third-order valence-corrected chi connectivity index (χ3v) is 4.33. The second-order valence-electron chi connectivity index (χ2n) is 6.46. The normalized spacial score (nSPS) is 11.7. The van der Waals surface area contributed by atoms with Crippen molar-refractivity contribution in [1.29, 1.82) is 0 Å². The van der Waals surface area contributed by atoms with Gasteiger partial charge in [-0.15, -0.1) is 0 Å². The molecule has 4 heteroatoms. The van der Waals surface area contributed by atoms with Crippen LogP contribution in [-0.4, -0.2) is 29.8 Å². The van der Waals surface area contributed by atoms with Crippen LogP contribution < -0.4 is 5.32 Å². The van der Waals surface area contributed by atoms with Gasteiger partial charge in [0.2, 0.25) is 11.8 Å². The van der Waals surface area contributed by atoms with E-state index < -0.39 is 6.04 Å². The summed E-state index contributed by atoms with van der Waals surface area (Å²) in [6.07, 6.45) is 0.287. The summed E-state index contributed by atoms with van der Waals surface area (Å²) in [5.41, 5.74) is 4.26. The minimum absolute atomic E-state index is 0.0534. The SMILES string of the molecule is CNC(=O)[C@@H](C)N(Cc1ccc(C)cc1)C(=O)Cc1cccc(C)c1. The molecule has 2 aromatic carbocycles. The van der Waals surface area contributed by atoms with E-state index in [2.05, 4.69) is 5.32 Å². The van der Waals surface area contributed by atoms with Crippen molar-refractivity contribution < 1.29 is 9.59 Å². The lowest BCUT2D eigenvalue weighted by atomic mass is 10.1. The molecule has 132 valence electrons. The van der Waals surface area contributed by atoms with Gasteiger partial charge in [0.1, 0.15) is 6.04 Å². The van der Waals surface area contributed by atoms with Crippen molar-refractivity contribution in [3.05, 3.63) is 70.8 Å². The van der Waals surface area contributed by atoms with E-state index in [4.69, 9.17) is 0 Å². The first kappa shape index (κ1) is 18.7. The number of carbonyl (C=O) groups excluding carboxylic acids is 2. The molecule has 2 rings (SSSR count). The van der Waals surface area contributed by atoms with E-state index >= 15 is 0 Å². The molecule has 0 aliphatic heterocycles. The summed E-state index contributed by atoms with van der Waals surface area (Å²) in [4.78, 5) is 26.7. The second kappa shape index (κ2) is 8.47. The highest BCUT2D eigenvalue weighted by Gasteiger charge is 2.25. The summed E-state index contributed by atoms with van der Waals surface area (Å²) in [7, 11) is 1.59. The van der Waals surface area contributed by atoms with Gasteiger partial charge < -0.3 is 10.2 Å². The molecule has 0 radical (unpaired) electrons. The standard InChI is InChI=1S/C21H26N2O2/c1-15-8-10-18(11-9-15)14-23(17(3)21(25)22-4)20(24)13-19-7-5-6-16(2)12-19/h5-12,17H,13-14H2,1-4H3,(H,22,25)/t17-/m1/s1. The Bertz CT molecular complexity index is 738. The molecular formula is C21H26N2O2. The Morgan fingerprint density at radius 3 is 2.28 bits per heavy atom. The Balaban J connectivity index is 2.21. The lowest BCUT2D eigenvalue weighted by Gasteiger charge is -2.28.